The molecule has 3 aliphatic rings. The molecule has 128 valence electrons. The van der Waals surface area contributed by atoms with E-state index in [1.165, 1.54) is 6.33 Å². The average molecular weight is 339 g/mol. The first-order valence-electron chi connectivity index (χ1n) is 8.05. The van der Waals surface area contributed by atoms with Crippen LogP contribution in [0.15, 0.2) is 6.33 Å². The van der Waals surface area contributed by atoms with E-state index in [0.29, 0.717) is 35.6 Å². The number of imidazole rings is 1. The molecule has 0 amide bonds. The van der Waals surface area contributed by atoms with Crippen LogP contribution < -0.4 is 4.90 Å². The molecule has 3 heterocycles. The van der Waals surface area contributed by atoms with Crippen LogP contribution in [0.1, 0.15) is 18.7 Å². The first kappa shape index (κ1) is 14.4. The van der Waals surface area contributed by atoms with E-state index >= 15 is 0 Å². The lowest BCUT2D eigenvalue weighted by Gasteiger charge is -2.32. The third-order valence-electron chi connectivity index (χ3n) is 5.88. The molecular formula is C15H16F3N5O. The Kier molecular flexibility index (Phi) is 2.76. The van der Waals surface area contributed by atoms with Gasteiger partial charge >= 0.3 is 6.18 Å². The van der Waals surface area contributed by atoms with E-state index in [1.54, 1.807) is 7.11 Å². The quantitative estimate of drug-likeness (QED) is 0.909. The first-order valence-corrected chi connectivity index (χ1v) is 8.05. The molecule has 5 atom stereocenters. The minimum atomic E-state index is -4.60. The summed E-state index contributed by atoms with van der Waals surface area (Å²) in [6.45, 7) is 0.716. The Balaban J connectivity index is 1.65. The van der Waals surface area contributed by atoms with E-state index in [2.05, 4.69) is 19.9 Å². The van der Waals surface area contributed by atoms with Gasteiger partial charge in [-0.05, 0) is 30.6 Å². The summed E-state index contributed by atoms with van der Waals surface area (Å²) in [7, 11) is 1.68. The predicted octanol–water partition coefficient (Wildman–Crippen LogP) is 2.23. The van der Waals surface area contributed by atoms with Gasteiger partial charge in [0.15, 0.2) is 11.5 Å². The molecule has 24 heavy (non-hydrogen) atoms. The van der Waals surface area contributed by atoms with E-state index < -0.39 is 12.0 Å². The molecule has 1 saturated heterocycles. The first-order chi connectivity index (χ1) is 11.5. The number of aromatic amines is 1. The number of nitrogens with zero attached hydrogens (tertiary/aromatic N) is 4. The van der Waals surface area contributed by atoms with Gasteiger partial charge in [0, 0.05) is 13.7 Å². The molecule has 2 aliphatic carbocycles. The number of fused-ring (bicyclic) bond motifs is 2. The zero-order valence-corrected chi connectivity index (χ0v) is 12.9. The molecule has 9 heteroatoms. The zero-order chi connectivity index (χ0) is 16.6. The molecule has 0 aromatic carbocycles. The highest BCUT2D eigenvalue weighted by atomic mass is 19.4. The number of H-pyrrole nitrogens is 1. The largest absolute Gasteiger partial charge is 0.451 e. The molecular weight excluding hydrogens is 323 g/mol. The maximum absolute atomic E-state index is 13.2. The van der Waals surface area contributed by atoms with Crippen LogP contribution in [0.5, 0.6) is 0 Å². The molecule has 1 aliphatic heterocycles. The standard InChI is InChI=1S/C15H16F3N5O/c1-24-11-6-2-7-4-23(10(11)8(7)3-6)13-9-12(20-5-19-9)21-14(22-13)15(16,17)18/h5-8,10-11H,2-4H2,1H3,(H,19,20,21,22)/t6-,7+,8-,10+,11+/m0/s1. The highest BCUT2D eigenvalue weighted by Gasteiger charge is 2.60. The summed E-state index contributed by atoms with van der Waals surface area (Å²) in [5.74, 6) is 0.642. The third-order valence-corrected chi connectivity index (χ3v) is 5.88. The van der Waals surface area contributed by atoms with Gasteiger partial charge in [0.05, 0.1) is 18.5 Å². The lowest BCUT2D eigenvalue weighted by Crippen LogP contribution is -2.42. The molecule has 3 fully saturated rings. The highest BCUT2D eigenvalue weighted by molar-refractivity contribution is 5.83. The maximum atomic E-state index is 13.2. The number of aromatic nitrogens is 4. The van der Waals surface area contributed by atoms with E-state index in [-0.39, 0.29) is 17.8 Å². The van der Waals surface area contributed by atoms with Crippen molar-refractivity contribution in [3.8, 4) is 0 Å². The Hall–Kier alpha value is -1.90. The number of halogens is 3. The molecule has 2 aromatic rings. The van der Waals surface area contributed by atoms with Gasteiger partial charge in [-0.15, -0.1) is 0 Å². The molecule has 0 radical (unpaired) electrons. The van der Waals surface area contributed by atoms with Crippen LogP contribution in [0.3, 0.4) is 0 Å². The van der Waals surface area contributed by atoms with E-state index in [1.807, 2.05) is 4.90 Å². The Bertz CT molecular complexity index is 804. The number of rotatable bonds is 2. The molecule has 5 rings (SSSR count). The Morgan fingerprint density at radius 3 is 2.83 bits per heavy atom. The van der Waals surface area contributed by atoms with Crippen molar-refractivity contribution >= 4 is 17.0 Å². The van der Waals surface area contributed by atoms with Gasteiger partial charge in [-0.25, -0.2) is 15.0 Å². The van der Waals surface area contributed by atoms with Gasteiger partial charge in [0.25, 0.3) is 0 Å². The van der Waals surface area contributed by atoms with Crippen LogP contribution in [-0.2, 0) is 10.9 Å². The molecule has 2 saturated carbocycles. The van der Waals surface area contributed by atoms with Crippen molar-refractivity contribution in [2.45, 2.75) is 31.2 Å². The summed E-state index contributed by atoms with van der Waals surface area (Å²) in [4.78, 5) is 16.2. The number of ether oxygens (including phenoxy) is 1. The molecule has 0 spiro atoms. The van der Waals surface area contributed by atoms with E-state index in [4.69, 9.17) is 4.74 Å². The molecule has 1 N–H and O–H groups in total. The molecule has 6 nitrogen and oxygen atoms in total. The van der Waals surface area contributed by atoms with Gasteiger partial charge in [-0.1, -0.05) is 0 Å². The molecule has 2 bridgehead atoms. The minimum Gasteiger partial charge on any atom is -0.379 e. The van der Waals surface area contributed by atoms with E-state index in [0.717, 1.165) is 12.8 Å². The summed E-state index contributed by atoms with van der Waals surface area (Å²) in [5, 5.41) is 0. The van der Waals surface area contributed by atoms with Gasteiger partial charge in [-0.2, -0.15) is 13.2 Å². The Labute approximate surface area is 135 Å². The fraction of sp³-hybridized carbons (Fsp3) is 0.667. The SMILES string of the molecule is CO[C@@H]1[C@H]2C[C@@H]3CN(c4nc(C(F)(F)F)nc5nc[nH]c45)[C@@H]1[C@H]3C2. The summed E-state index contributed by atoms with van der Waals surface area (Å²) in [6, 6.07) is 0.0845. The smallest absolute Gasteiger partial charge is 0.379 e. The normalized spacial score (nSPS) is 34.7. The van der Waals surface area contributed by atoms with Crippen LogP contribution in [0.4, 0.5) is 19.0 Å². The lowest BCUT2D eigenvalue weighted by atomic mass is 9.88. The Morgan fingerprint density at radius 2 is 2.08 bits per heavy atom. The number of nitrogens with one attached hydrogen (secondary N) is 1. The summed E-state index contributed by atoms with van der Waals surface area (Å²) in [6.07, 6.45) is -1.01. The van der Waals surface area contributed by atoms with Gasteiger partial charge in [-0.3, -0.25) is 0 Å². The maximum Gasteiger partial charge on any atom is 0.451 e. The van der Waals surface area contributed by atoms with Crippen molar-refractivity contribution in [1.82, 2.24) is 19.9 Å². The molecule has 0 unspecified atom stereocenters. The van der Waals surface area contributed by atoms with Crippen molar-refractivity contribution < 1.29 is 17.9 Å². The van der Waals surface area contributed by atoms with Crippen molar-refractivity contribution in [2.24, 2.45) is 17.8 Å². The van der Waals surface area contributed by atoms with Gasteiger partial charge in [0.1, 0.15) is 5.52 Å². The number of hydrogen-bond acceptors (Lipinski definition) is 5. The number of hydrogen-bond donors (Lipinski definition) is 1. The topological polar surface area (TPSA) is 66.9 Å². The summed E-state index contributed by atoms with van der Waals surface area (Å²) < 4.78 is 45.2. The predicted molar refractivity (Wildman–Crippen MR) is 78.3 cm³/mol. The van der Waals surface area contributed by atoms with Crippen LogP contribution in [0, 0.1) is 17.8 Å². The van der Waals surface area contributed by atoms with Crippen LogP contribution >= 0.6 is 0 Å². The second-order valence-corrected chi connectivity index (χ2v) is 6.97. The fourth-order valence-corrected chi connectivity index (χ4v) is 5.12. The van der Waals surface area contributed by atoms with Crippen LogP contribution in [0.2, 0.25) is 0 Å². The van der Waals surface area contributed by atoms with E-state index in [9.17, 15) is 13.2 Å². The minimum absolute atomic E-state index is 0.0510. The average Bonchev–Trinajstić information content (AvgIpc) is 3.24. The summed E-state index contributed by atoms with van der Waals surface area (Å²) in [5.41, 5.74) is 0.512. The van der Waals surface area contributed by atoms with Crippen LogP contribution in [-0.4, -0.2) is 45.7 Å². The van der Waals surface area contributed by atoms with Crippen molar-refractivity contribution in [3.63, 3.8) is 0 Å². The van der Waals surface area contributed by atoms with Crippen LogP contribution in [0.25, 0.3) is 11.2 Å². The third kappa shape index (κ3) is 1.78. The monoisotopic (exact) mass is 339 g/mol. The fourth-order valence-electron chi connectivity index (χ4n) is 5.12. The van der Waals surface area contributed by atoms with Crippen molar-refractivity contribution in [3.05, 3.63) is 12.2 Å². The molecule has 2 aromatic heterocycles. The zero-order valence-electron chi connectivity index (χ0n) is 12.9. The van der Waals surface area contributed by atoms with Gasteiger partial charge < -0.3 is 14.6 Å². The Morgan fingerprint density at radius 1 is 1.25 bits per heavy atom. The number of anilines is 1. The van der Waals surface area contributed by atoms with Crippen molar-refractivity contribution in [2.75, 3.05) is 18.6 Å². The lowest BCUT2D eigenvalue weighted by molar-refractivity contribution is -0.144. The number of alkyl halides is 3. The summed E-state index contributed by atoms with van der Waals surface area (Å²) >= 11 is 0. The second-order valence-electron chi connectivity index (χ2n) is 6.97. The van der Waals surface area contributed by atoms with Crippen molar-refractivity contribution in [1.29, 1.82) is 0 Å². The van der Waals surface area contributed by atoms with Gasteiger partial charge in [0.2, 0.25) is 5.82 Å². The second kappa shape index (κ2) is 4.59. The highest BCUT2D eigenvalue weighted by Crippen LogP contribution is 2.56. The number of methoxy groups -OCH3 is 1.